The van der Waals surface area contributed by atoms with Gasteiger partial charge in [0.25, 0.3) is 0 Å². The summed E-state index contributed by atoms with van der Waals surface area (Å²) in [6.07, 6.45) is 5.76. The number of rotatable bonds is 4. The first-order chi connectivity index (χ1) is 11.2. The van der Waals surface area contributed by atoms with Gasteiger partial charge in [0.2, 0.25) is 11.8 Å². The van der Waals surface area contributed by atoms with Gasteiger partial charge in [-0.2, -0.15) is 4.98 Å². The van der Waals surface area contributed by atoms with Crippen LogP contribution in [0.1, 0.15) is 54.9 Å². The Morgan fingerprint density at radius 2 is 2.17 bits per heavy atom. The zero-order chi connectivity index (χ0) is 15.8. The van der Waals surface area contributed by atoms with E-state index in [-0.39, 0.29) is 11.8 Å². The molecule has 0 bridgehead atoms. The van der Waals surface area contributed by atoms with Gasteiger partial charge in [0, 0.05) is 25.1 Å². The highest BCUT2D eigenvalue weighted by molar-refractivity contribution is 5.96. The van der Waals surface area contributed by atoms with Gasteiger partial charge in [0.05, 0.1) is 5.92 Å². The van der Waals surface area contributed by atoms with E-state index in [4.69, 9.17) is 4.52 Å². The van der Waals surface area contributed by atoms with E-state index in [1.165, 1.54) is 17.5 Å². The Hall–Kier alpha value is -2.17. The number of amides is 1. The highest BCUT2D eigenvalue weighted by atomic mass is 16.5. The number of fused-ring (bicyclic) bond motifs is 1. The molecule has 1 amide bonds. The van der Waals surface area contributed by atoms with Crippen LogP contribution in [0.15, 0.2) is 22.7 Å². The molecule has 4 rings (SSSR count). The lowest BCUT2D eigenvalue weighted by Crippen LogP contribution is -2.24. The molecule has 1 fully saturated rings. The largest absolute Gasteiger partial charge is 0.339 e. The van der Waals surface area contributed by atoms with Crippen LogP contribution < -0.4 is 4.90 Å². The molecule has 23 heavy (non-hydrogen) atoms. The van der Waals surface area contributed by atoms with E-state index in [9.17, 15) is 4.79 Å². The highest BCUT2D eigenvalue weighted by Gasteiger charge is 2.35. The molecule has 1 aliphatic carbocycles. The second-order valence-corrected chi connectivity index (χ2v) is 6.51. The van der Waals surface area contributed by atoms with Gasteiger partial charge in [0.15, 0.2) is 5.82 Å². The molecular formula is C18H21N3O2. The molecule has 2 heterocycles. The average molecular weight is 311 g/mol. The number of carbonyl (C=O) groups is 1. The number of nitrogens with zero attached hydrogens (tertiary/aromatic N) is 3. The van der Waals surface area contributed by atoms with Crippen molar-refractivity contribution in [3.63, 3.8) is 0 Å². The molecule has 120 valence electrons. The summed E-state index contributed by atoms with van der Waals surface area (Å²) in [6, 6.07) is 6.42. The van der Waals surface area contributed by atoms with Crippen LogP contribution >= 0.6 is 0 Å². The second-order valence-electron chi connectivity index (χ2n) is 6.51. The third-order valence-electron chi connectivity index (χ3n) is 4.83. The van der Waals surface area contributed by atoms with Crippen LogP contribution in [0.5, 0.6) is 0 Å². The Balaban J connectivity index is 1.53. The van der Waals surface area contributed by atoms with Crippen molar-refractivity contribution in [3.05, 3.63) is 41.0 Å². The Labute approximate surface area is 135 Å². The molecule has 0 spiro atoms. The van der Waals surface area contributed by atoms with Gasteiger partial charge in [0.1, 0.15) is 0 Å². The molecule has 2 aliphatic rings. The van der Waals surface area contributed by atoms with Gasteiger partial charge in [-0.25, -0.2) is 0 Å². The predicted molar refractivity (Wildman–Crippen MR) is 86.5 cm³/mol. The standard InChI is InChI=1S/C18H21N3O2/c1-2-4-16-19-18(23-20-16)14-10-17(22)21(11-14)15-8-7-12-5-3-6-13(12)9-15/h7-9,14H,2-6,10-11H2,1H3. The SMILES string of the molecule is CCCc1noc(C2CC(=O)N(c3ccc4c(c3)CCC4)C2)n1. The molecule has 1 atom stereocenters. The third kappa shape index (κ3) is 2.64. The maximum absolute atomic E-state index is 12.4. The Morgan fingerprint density at radius 3 is 3.04 bits per heavy atom. The van der Waals surface area contributed by atoms with Gasteiger partial charge in [-0.1, -0.05) is 18.1 Å². The van der Waals surface area contributed by atoms with Gasteiger partial charge in [-0.05, 0) is 48.9 Å². The summed E-state index contributed by atoms with van der Waals surface area (Å²) in [5.41, 5.74) is 3.83. The monoisotopic (exact) mass is 311 g/mol. The van der Waals surface area contributed by atoms with Gasteiger partial charge < -0.3 is 9.42 Å². The van der Waals surface area contributed by atoms with Crippen LogP contribution in [0.4, 0.5) is 5.69 Å². The number of hydrogen-bond donors (Lipinski definition) is 0. The van der Waals surface area contributed by atoms with Gasteiger partial charge in [-0.15, -0.1) is 0 Å². The molecular weight excluding hydrogens is 290 g/mol. The van der Waals surface area contributed by atoms with Crippen molar-refractivity contribution in [1.82, 2.24) is 10.1 Å². The summed E-state index contributed by atoms with van der Waals surface area (Å²) in [7, 11) is 0. The normalized spacial score (nSPS) is 20.3. The van der Waals surface area contributed by atoms with Crippen LogP contribution in [0.3, 0.4) is 0 Å². The molecule has 0 saturated carbocycles. The Bertz CT molecular complexity index is 738. The van der Waals surface area contributed by atoms with Crippen LogP contribution in [-0.4, -0.2) is 22.6 Å². The lowest BCUT2D eigenvalue weighted by molar-refractivity contribution is -0.117. The number of carbonyl (C=O) groups excluding carboxylic acids is 1. The van der Waals surface area contributed by atoms with Gasteiger partial charge >= 0.3 is 0 Å². The molecule has 2 aromatic rings. The number of aryl methyl sites for hydroxylation is 3. The number of aromatic nitrogens is 2. The molecule has 1 aromatic heterocycles. The van der Waals surface area contributed by atoms with E-state index in [0.717, 1.165) is 37.2 Å². The van der Waals surface area contributed by atoms with E-state index in [1.54, 1.807) is 0 Å². The van der Waals surface area contributed by atoms with Crippen molar-refractivity contribution in [2.24, 2.45) is 0 Å². The number of hydrogen-bond acceptors (Lipinski definition) is 4. The fourth-order valence-corrected chi connectivity index (χ4v) is 3.61. The summed E-state index contributed by atoms with van der Waals surface area (Å²) in [5, 5.41) is 4.00. The summed E-state index contributed by atoms with van der Waals surface area (Å²) < 4.78 is 5.37. The van der Waals surface area contributed by atoms with Crippen molar-refractivity contribution in [2.75, 3.05) is 11.4 Å². The Kier molecular flexibility index (Phi) is 3.63. The Morgan fingerprint density at radius 1 is 1.30 bits per heavy atom. The number of benzene rings is 1. The topological polar surface area (TPSA) is 59.2 Å². The van der Waals surface area contributed by atoms with Crippen LogP contribution in [0.2, 0.25) is 0 Å². The smallest absolute Gasteiger partial charge is 0.232 e. The lowest BCUT2D eigenvalue weighted by Gasteiger charge is -2.17. The summed E-state index contributed by atoms with van der Waals surface area (Å²) in [5.74, 6) is 1.49. The van der Waals surface area contributed by atoms with E-state index in [1.807, 2.05) is 4.90 Å². The fraction of sp³-hybridized carbons (Fsp3) is 0.500. The highest BCUT2D eigenvalue weighted by Crippen LogP contribution is 2.33. The summed E-state index contributed by atoms with van der Waals surface area (Å²) >= 11 is 0. The van der Waals surface area contributed by atoms with Crippen LogP contribution in [0, 0.1) is 0 Å². The van der Waals surface area contributed by atoms with Crippen LogP contribution in [0.25, 0.3) is 0 Å². The molecule has 5 nitrogen and oxygen atoms in total. The third-order valence-corrected chi connectivity index (χ3v) is 4.83. The van der Waals surface area contributed by atoms with Gasteiger partial charge in [-0.3, -0.25) is 4.79 Å². The van der Waals surface area contributed by atoms with Crippen molar-refractivity contribution < 1.29 is 9.32 Å². The van der Waals surface area contributed by atoms with Crippen LogP contribution in [-0.2, 0) is 24.1 Å². The minimum absolute atomic E-state index is 0.00820. The lowest BCUT2D eigenvalue weighted by atomic mass is 10.1. The maximum atomic E-state index is 12.4. The zero-order valence-corrected chi connectivity index (χ0v) is 13.4. The van der Waals surface area contributed by atoms with Crippen molar-refractivity contribution in [1.29, 1.82) is 0 Å². The molecule has 0 radical (unpaired) electrons. The number of anilines is 1. The summed E-state index contributed by atoms with van der Waals surface area (Å²) in [6.45, 7) is 2.72. The van der Waals surface area contributed by atoms with E-state index in [0.29, 0.717) is 18.9 Å². The second kappa shape index (κ2) is 5.80. The fourth-order valence-electron chi connectivity index (χ4n) is 3.61. The summed E-state index contributed by atoms with van der Waals surface area (Å²) in [4.78, 5) is 18.7. The average Bonchev–Trinajstić information content (AvgIpc) is 3.25. The first kappa shape index (κ1) is 14.4. The van der Waals surface area contributed by atoms with E-state index < -0.39 is 0 Å². The molecule has 5 heteroatoms. The first-order valence-electron chi connectivity index (χ1n) is 8.49. The van der Waals surface area contributed by atoms with Crippen molar-refractivity contribution >= 4 is 11.6 Å². The van der Waals surface area contributed by atoms with Crippen molar-refractivity contribution in [2.45, 2.75) is 51.4 Å². The minimum Gasteiger partial charge on any atom is -0.339 e. The van der Waals surface area contributed by atoms with E-state index >= 15 is 0 Å². The molecule has 1 aromatic carbocycles. The quantitative estimate of drug-likeness (QED) is 0.871. The first-order valence-corrected chi connectivity index (χ1v) is 8.49. The van der Waals surface area contributed by atoms with Crippen molar-refractivity contribution in [3.8, 4) is 0 Å². The zero-order valence-electron chi connectivity index (χ0n) is 13.4. The minimum atomic E-state index is 0.00820. The molecule has 1 unspecified atom stereocenters. The molecule has 1 saturated heterocycles. The van der Waals surface area contributed by atoms with E-state index in [2.05, 4.69) is 35.3 Å². The predicted octanol–water partition coefficient (Wildman–Crippen LogP) is 3.03. The maximum Gasteiger partial charge on any atom is 0.232 e. The molecule has 0 N–H and O–H groups in total. The molecule has 1 aliphatic heterocycles.